The van der Waals surface area contributed by atoms with Crippen molar-refractivity contribution in [1.29, 1.82) is 0 Å². The number of hydrogen-bond acceptors (Lipinski definition) is 5. The molecule has 0 aliphatic rings. The van der Waals surface area contributed by atoms with Crippen LogP contribution in [0.3, 0.4) is 0 Å². The number of sulfone groups is 1. The molecule has 1 heterocycles. The largest absolute Gasteiger partial charge is 0.491 e. The third-order valence-electron chi connectivity index (χ3n) is 2.56. The van der Waals surface area contributed by atoms with Crippen molar-refractivity contribution in [3.8, 4) is 5.75 Å². The lowest BCUT2D eigenvalue weighted by Crippen LogP contribution is -2.32. The molecule has 18 heavy (non-hydrogen) atoms. The van der Waals surface area contributed by atoms with Gasteiger partial charge in [-0.3, -0.25) is 4.98 Å². The van der Waals surface area contributed by atoms with Crippen molar-refractivity contribution in [2.24, 2.45) is 5.73 Å². The molecule has 1 aromatic rings. The third kappa shape index (κ3) is 3.96. The van der Waals surface area contributed by atoms with Crippen LogP contribution in [0.1, 0.15) is 26.5 Å². The van der Waals surface area contributed by atoms with Crippen LogP contribution in [0.25, 0.3) is 0 Å². The van der Waals surface area contributed by atoms with Gasteiger partial charge in [0.1, 0.15) is 12.4 Å². The molecule has 1 rings (SSSR count). The lowest BCUT2D eigenvalue weighted by atomic mass is 10.3. The molecule has 5 nitrogen and oxygen atoms in total. The second-order valence-corrected chi connectivity index (χ2v) is 7.83. The standard InChI is InChI=1S/C12H20N2O3S/c1-12(2,3)18(15,16)7-6-17-11-5-4-10(8-13)14-9-11/h4-5,9H,6-8,13H2,1-3H3. The number of ether oxygens (including phenoxy) is 1. The lowest BCUT2D eigenvalue weighted by Gasteiger charge is -2.19. The fraction of sp³-hybridized carbons (Fsp3) is 0.583. The molecule has 0 atom stereocenters. The summed E-state index contributed by atoms with van der Waals surface area (Å²) in [4.78, 5) is 4.06. The molecular weight excluding hydrogens is 252 g/mol. The van der Waals surface area contributed by atoms with E-state index >= 15 is 0 Å². The molecule has 6 heteroatoms. The quantitative estimate of drug-likeness (QED) is 0.869. The highest BCUT2D eigenvalue weighted by Gasteiger charge is 2.28. The van der Waals surface area contributed by atoms with Crippen LogP contribution in [0.5, 0.6) is 5.75 Å². The van der Waals surface area contributed by atoms with Gasteiger partial charge >= 0.3 is 0 Å². The Bertz CT molecular complexity index is 475. The Morgan fingerprint density at radius 3 is 2.44 bits per heavy atom. The van der Waals surface area contributed by atoms with Crippen LogP contribution < -0.4 is 10.5 Å². The predicted octanol–water partition coefficient (Wildman–Crippen LogP) is 1.13. The second kappa shape index (κ2) is 5.67. The molecule has 0 unspecified atom stereocenters. The van der Waals surface area contributed by atoms with E-state index in [0.717, 1.165) is 5.69 Å². The molecule has 102 valence electrons. The van der Waals surface area contributed by atoms with E-state index in [2.05, 4.69) is 4.98 Å². The maximum atomic E-state index is 11.8. The summed E-state index contributed by atoms with van der Waals surface area (Å²) in [7, 11) is -3.15. The van der Waals surface area contributed by atoms with E-state index < -0.39 is 14.6 Å². The first-order valence-corrected chi connectivity index (χ1v) is 7.41. The summed E-state index contributed by atoms with van der Waals surface area (Å²) in [6, 6.07) is 3.49. The topological polar surface area (TPSA) is 82.3 Å². The van der Waals surface area contributed by atoms with E-state index in [1.165, 1.54) is 0 Å². The van der Waals surface area contributed by atoms with Gasteiger partial charge in [-0.1, -0.05) is 0 Å². The van der Waals surface area contributed by atoms with Gasteiger partial charge in [0.15, 0.2) is 9.84 Å². The van der Waals surface area contributed by atoms with Gasteiger partial charge in [0.2, 0.25) is 0 Å². The third-order valence-corrected chi connectivity index (χ3v) is 5.13. The predicted molar refractivity (Wildman–Crippen MR) is 71.2 cm³/mol. The van der Waals surface area contributed by atoms with Gasteiger partial charge in [-0.15, -0.1) is 0 Å². The van der Waals surface area contributed by atoms with E-state index in [4.69, 9.17) is 10.5 Å². The summed E-state index contributed by atoms with van der Waals surface area (Å²) in [5.74, 6) is 0.547. The number of aromatic nitrogens is 1. The second-order valence-electron chi connectivity index (χ2n) is 4.97. The van der Waals surface area contributed by atoms with Crippen LogP contribution >= 0.6 is 0 Å². The average molecular weight is 272 g/mol. The highest BCUT2D eigenvalue weighted by Crippen LogP contribution is 2.16. The first-order chi connectivity index (χ1) is 8.26. The van der Waals surface area contributed by atoms with E-state index in [9.17, 15) is 8.42 Å². The Labute approximate surface area is 108 Å². The minimum absolute atomic E-state index is 0.00482. The van der Waals surface area contributed by atoms with Gasteiger partial charge in [-0.25, -0.2) is 8.42 Å². The van der Waals surface area contributed by atoms with Gasteiger partial charge in [-0.05, 0) is 32.9 Å². The smallest absolute Gasteiger partial charge is 0.158 e. The molecule has 0 amide bonds. The van der Waals surface area contributed by atoms with Crippen molar-refractivity contribution in [2.75, 3.05) is 12.4 Å². The van der Waals surface area contributed by atoms with Crippen molar-refractivity contribution in [1.82, 2.24) is 4.98 Å². The molecule has 1 aromatic heterocycles. The van der Waals surface area contributed by atoms with Gasteiger partial charge in [-0.2, -0.15) is 0 Å². The molecule has 0 radical (unpaired) electrons. The number of hydrogen-bond donors (Lipinski definition) is 1. The minimum Gasteiger partial charge on any atom is -0.491 e. The molecule has 0 aromatic carbocycles. The van der Waals surface area contributed by atoms with Gasteiger partial charge in [0.05, 0.1) is 22.4 Å². The average Bonchev–Trinajstić information content (AvgIpc) is 2.28. The van der Waals surface area contributed by atoms with E-state index in [1.54, 1.807) is 39.1 Å². The molecule has 0 fully saturated rings. The number of pyridine rings is 1. The summed E-state index contributed by atoms with van der Waals surface area (Å²) in [6.07, 6.45) is 1.55. The Morgan fingerprint density at radius 1 is 1.33 bits per heavy atom. The maximum Gasteiger partial charge on any atom is 0.158 e. The Hall–Kier alpha value is -1.14. The Morgan fingerprint density at radius 2 is 2.00 bits per heavy atom. The lowest BCUT2D eigenvalue weighted by molar-refractivity contribution is 0.338. The first-order valence-electron chi connectivity index (χ1n) is 5.76. The number of nitrogens with zero attached hydrogens (tertiary/aromatic N) is 1. The van der Waals surface area contributed by atoms with Crippen molar-refractivity contribution in [2.45, 2.75) is 32.1 Å². The highest BCUT2D eigenvalue weighted by atomic mass is 32.2. The minimum atomic E-state index is -3.15. The van der Waals surface area contributed by atoms with Crippen LogP contribution in [0, 0.1) is 0 Å². The molecule has 0 aliphatic heterocycles. The fourth-order valence-corrected chi connectivity index (χ4v) is 2.11. The summed E-state index contributed by atoms with van der Waals surface area (Å²) in [6.45, 7) is 5.54. The highest BCUT2D eigenvalue weighted by molar-refractivity contribution is 7.92. The van der Waals surface area contributed by atoms with E-state index in [-0.39, 0.29) is 12.4 Å². The molecule has 0 aliphatic carbocycles. The molecule has 0 spiro atoms. The molecule has 0 saturated carbocycles. The zero-order valence-electron chi connectivity index (χ0n) is 11.0. The fourth-order valence-electron chi connectivity index (χ4n) is 1.19. The maximum absolute atomic E-state index is 11.8. The number of nitrogens with two attached hydrogens (primary N) is 1. The zero-order chi connectivity index (χ0) is 13.8. The first kappa shape index (κ1) is 14.9. The van der Waals surface area contributed by atoms with Crippen molar-refractivity contribution >= 4 is 9.84 Å². The monoisotopic (exact) mass is 272 g/mol. The molecular formula is C12H20N2O3S. The number of rotatable bonds is 5. The molecule has 0 bridgehead atoms. The van der Waals surface area contributed by atoms with Crippen molar-refractivity contribution in [3.05, 3.63) is 24.0 Å². The van der Waals surface area contributed by atoms with Gasteiger partial charge in [0, 0.05) is 6.54 Å². The van der Waals surface area contributed by atoms with Gasteiger partial charge in [0.25, 0.3) is 0 Å². The molecule has 0 saturated heterocycles. The van der Waals surface area contributed by atoms with Crippen molar-refractivity contribution < 1.29 is 13.2 Å². The van der Waals surface area contributed by atoms with Crippen molar-refractivity contribution in [3.63, 3.8) is 0 Å². The summed E-state index contributed by atoms with van der Waals surface area (Å²) in [5.41, 5.74) is 6.19. The van der Waals surface area contributed by atoms with E-state index in [0.29, 0.717) is 12.3 Å². The van der Waals surface area contributed by atoms with E-state index in [1.807, 2.05) is 0 Å². The van der Waals surface area contributed by atoms with Crippen LogP contribution in [-0.4, -0.2) is 30.5 Å². The van der Waals surface area contributed by atoms with Gasteiger partial charge < -0.3 is 10.5 Å². The van der Waals surface area contributed by atoms with Crippen LogP contribution in [0.2, 0.25) is 0 Å². The Kier molecular flexibility index (Phi) is 4.70. The summed E-state index contributed by atoms with van der Waals surface area (Å²) < 4.78 is 28.3. The molecule has 2 N–H and O–H groups in total. The summed E-state index contributed by atoms with van der Waals surface area (Å²) >= 11 is 0. The summed E-state index contributed by atoms with van der Waals surface area (Å²) in [5, 5.41) is 0. The van der Waals surface area contributed by atoms with Crippen LogP contribution in [0.15, 0.2) is 18.3 Å². The SMILES string of the molecule is CC(C)(C)S(=O)(=O)CCOc1ccc(CN)nc1. The normalized spacial score (nSPS) is 12.4. The zero-order valence-corrected chi connectivity index (χ0v) is 11.8. The Balaban J connectivity index is 2.52. The van der Waals surface area contributed by atoms with Crippen LogP contribution in [0.4, 0.5) is 0 Å². The van der Waals surface area contributed by atoms with Crippen LogP contribution in [-0.2, 0) is 16.4 Å².